The zero-order valence-electron chi connectivity index (χ0n) is 17.0. The van der Waals surface area contributed by atoms with Crippen LogP contribution in [0.25, 0.3) is 0 Å². The fraction of sp³-hybridized carbons (Fsp3) is 0.300. The second-order valence-corrected chi connectivity index (χ2v) is 8.61. The monoisotopic (exact) mass is 420 g/mol. The van der Waals surface area contributed by atoms with Crippen LogP contribution >= 0.6 is 0 Å². The molecule has 0 bridgehead atoms. The lowest BCUT2D eigenvalue weighted by Crippen LogP contribution is -2.22. The van der Waals surface area contributed by atoms with Crippen molar-refractivity contribution in [2.24, 2.45) is 0 Å². The Morgan fingerprint density at radius 1 is 1.00 bits per heavy atom. The van der Waals surface area contributed by atoms with Gasteiger partial charge in [0, 0.05) is 25.2 Å². The van der Waals surface area contributed by atoms with Crippen LogP contribution in [0.5, 0.6) is 11.5 Å². The van der Waals surface area contributed by atoms with E-state index in [0.29, 0.717) is 22.6 Å². The molecular weight excluding hydrogens is 396 g/mol. The topological polar surface area (TPSA) is 102 Å². The number of amides is 1. The summed E-state index contributed by atoms with van der Waals surface area (Å²) in [5, 5.41) is 2.67. The molecule has 0 aliphatic carbocycles. The molecule has 2 rings (SSSR count). The standard InChI is InChI=1S/C20H24N2O6S/c1-13(23)14-6-8-18(27-4)15(10-14)11-20(24)21-17-12-16(7-9-19(17)28-5)29(25,26)22(2)3/h6-10,12H,11H2,1-5H3,(H,21,24). The Kier molecular flexibility index (Phi) is 6.99. The van der Waals surface area contributed by atoms with Crippen LogP contribution in [0.3, 0.4) is 0 Å². The average Bonchev–Trinajstić information content (AvgIpc) is 2.67. The van der Waals surface area contributed by atoms with Crippen LogP contribution < -0.4 is 14.8 Å². The van der Waals surface area contributed by atoms with E-state index in [1.165, 1.54) is 53.4 Å². The lowest BCUT2D eigenvalue weighted by Gasteiger charge is -2.15. The Bertz CT molecular complexity index is 1030. The molecule has 0 spiro atoms. The molecule has 0 fully saturated rings. The van der Waals surface area contributed by atoms with Crippen molar-refractivity contribution < 1.29 is 27.5 Å². The third-order valence-corrected chi connectivity index (χ3v) is 6.07. The van der Waals surface area contributed by atoms with Crippen LogP contribution in [0.4, 0.5) is 5.69 Å². The molecule has 9 heteroatoms. The van der Waals surface area contributed by atoms with Crippen molar-refractivity contribution in [3.05, 3.63) is 47.5 Å². The number of carbonyl (C=O) groups is 2. The molecule has 0 unspecified atom stereocenters. The van der Waals surface area contributed by atoms with Gasteiger partial charge >= 0.3 is 0 Å². The molecule has 0 saturated carbocycles. The maximum atomic E-state index is 12.6. The first-order valence-electron chi connectivity index (χ1n) is 8.68. The number of hydrogen-bond donors (Lipinski definition) is 1. The molecule has 156 valence electrons. The van der Waals surface area contributed by atoms with Gasteiger partial charge in [0.05, 0.1) is 31.2 Å². The van der Waals surface area contributed by atoms with E-state index in [0.717, 1.165) is 4.31 Å². The third-order valence-electron chi connectivity index (χ3n) is 4.26. The molecule has 0 aliphatic heterocycles. The molecule has 0 heterocycles. The number of benzene rings is 2. The van der Waals surface area contributed by atoms with Crippen molar-refractivity contribution in [3.8, 4) is 11.5 Å². The Morgan fingerprint density at radius 2 is 1.62 bits per heavy atom. The molecule has 0 aromatic heterocycles. The zero-order valence-corrected chi connectivity index (χ0v) is 17.8. The predicted molar refractivity (Wildman–Crippen MR) is 109 cm³/mol. The molecule has 0 atom stereocenters. The number of sulfonamides is 1. The van der Waals surface area contributed by atoms with Gasteiger partial charge in [-0.15, -0.1) is 0 Å². The highest BCUT2D eigenvalue weighted by atomic mass is 32.2. The van der Waals surface area contributed by atoms with Crippen molar-refractivity contribution in [3.63, 3.8) is 0 Å². The van der Waals surface area contributed by atoms with E-state index in [1.54, 1.807) is 18.2 Å². The maximum Gasteiger partial charge on any atom is 0.242 e. The van der Waals surface area contributed by atoms with E-state index >= 15 is 0 Å². The molecule has 29 heavy (non-hydrogen) atoms. The van der Waals surface area contributed by atoms with Gasteiger partial charge in [0.1, 0.15) is 11.5 Å². The molecule has 0 saturated heterocycles. The maximum absolute atomic E-state index is 12.6. The quantitative estimate of drug-likeness (QED) is 0.658. The summed E-state index contributed by atoms with van der Waals surface area (Å²) in [6.45, 7) is 1.44. The zero-order chi connectivity index (χ0) is 21.8. The first-order valence-corrected chi connectivity index (χ1v) is 10.1. The molecule has 8 nitrogen and oxygen atoms in total. The summed E-state index contributed by atoms with van der Waals surface area (Å²) < 4.78 is 36.3. The Balaban J connectivity index is 2.33. The number of ketones is 1. The van der Waals surface area contributed by atoms with Gasteiger partial charge in [0.15, 0.2) is 5.78 Å². The molecule has 2 aromatic carbocycles. The molecule has 0 radical (unpaired) electrons. The minimum Gasteiger partial charge on any atom is -0.496 e. The number of carbonyl (C=O) groups excluding carboxylic acids is 2. The van der Waals surface area contributed by atoms with Crippen molar-refractivity contribution in [2.75, 3.05) is 33.6 Å². The van der Waals surface area contributed by atoms with Gasteiger partial charge in [-0.25, -0.2) is 12.7 Å². The molecular formula is C20H24N2O6S. The lowest BCUT2D eigenvalue weighted by molar-refractivity contribution is -0.115. The SMILES string of the molecule is COc1ccc(C(C)=O)cc1CC(=O)Nc1cc(S(=O)(=O)N(C)C)ccc1OC. The third kappa shape index (κ3) is 5.12. The minimum absolute atomic E-state index is 0.0229. The second kappa shape index (κ2) is 9.06. The first kappa shape index (κ1) is 22.4. The summed E-state index contributed by atoms with van der Waals surface area (Å²) in [4.78, 5) is 24.3. The number of hydrogen-bond acceptors (Lipinski definition) is 6. The molecule has 1 amide bonds. The fourth-order valence-corrected chi connectivity index (χ4v) is 3.59. The first-order chi connectivity index (χ1) is 13.6. The summed E-state index contributed by atoms with van der Waals surface area (Å²) >= 11 is 0. The lowest BCUT2D eigenvalue weighted by atomic mass is 10.0. The van der Waals surface area contributed by atoms with Crippen molar-refractivity contribution in [1.29, 1.82) is 0 Å². The van der Waals surface area contributed by atoms with E-state index < -0.39 is 15.9 Å². The average molecular weight is 420 g/mol. The van der Waals surface area contributed by atoms with E-state index in [9.17, 15) is 18.0 Å². The van der Waals surface area contributed by atoms with Gasteiger partial charge in [-0.1, -0.05) is 0 Å². The second-order valence-electron chi connectivity index (χ2n) is 6.46. The minimum atomic E-state index is -3.68. The number of nitrogens with zero attached hydrogens (tertiary/aromatic N) is 1. The van der Waals surface area contributed by atoms with Crippen LogP contribution in [0, 0.1) is 0 Å². The predicted octanol–water partition coefficient (Wildman–Crippen LogP) is 2.34. The molecule has 0 aliphatic rings. The number of methoxy groups -OCH3 is 2. The summed E-state index contributed by atoms with van der Waals surface area (Å²) in [7, 11) is 2.07. The number of ether oxygens (including phenoxy) is 2. The number of rotatable bonds is 8. The van der Waals surface area contributed by atoms with Gasteiger partial charge in [-0.3, -0.25) is 9.59 Å². The molecule has 2 aromatic rings. The Labute approximate surface area is 170 Å². The van der Waals surface area contributed by atoms with Gasteiger partial charge < -0.3 is 14.8 Å². The summed E-state index contributed by atoms with van der Waals surface area (Å²) in [6.07, 6.45) is -0.0713. The van der Waals surface area contributed by atoms with Crippen LogP contribution in [0.15, 0.2) is 41.3 Å². The van der Waals surface area contributed by atoms with E-state index in [-0.39, 0.29) is 22.8 Å². The van der Waals surface area contributed by atoms with Crippen molar-refractivity contribution in [1.82, 2.24) is 4.31 Å². The van der Waals surface area contributed by atoms with Crippen LogP contribution in [-0.2, 0) is 21.2 Å². The summed E-state index contributed by atoms with van der Waals surface area (Å²) in [6, 6.07) is 9.08. The Morgan fingerprint density at radius 3 is 2.17 bits per heavy atom. The summed E-state index contributed by atoms with van der Waals surface area (Å²) in [5.74, 6) is 0.251. The van der Waals surface area contributed by atoms with E-state index in [2.05, 4.69) is 5.32 Å². The van der Waals surface area contributed by atoms with E-state index in [1.807, 2.05) is 0 Å². The van der Waals surface area contributed by atoms with Crippen LogP contribution in [0.2, 0.25) is 0 Å². The highest BCUT2D eigenvalue weighted by molar-refractivity contribution is 7.89. The van der Waals surface area contributed by atoms with E-state index in [4.69, 9.17) is 9.47 Å². The number of Topliss-reactive ketones (excluding diaryl/α,β-unsaturated/α-hetero) is 1. The normalized spacial score (nSPS) is 11.2. The largest absolute Gasteiger partial charge is 0.496 e. The smallest absolute Gasteiger partial charge is 0.242 e. The number of nitrogens with one attached hydrogen (secondary N) is 1. The Hall–Kier alpha value is -2.91. The van der Waals surface area contributed by atoms with Gasteiger partial charge in [-0.05, 0) is 43.3 Å². The van der Waals surface area contributed by atoms with Crippen LogP contribution in [-0.4, -0.2) is 52.7 Å². The van der Waals surface area contributed by atoms with Crippen LogP contribution in [0.1, 0.15) is 22.8 Å². The van der Waals surface area contributed by atoms with Crippen molar-refractivity contribution >= 4 is 27.4 Å². The van der Waals surface area contributed by atoms with Gasteiger partial charge in [0.25, 0.3) is 0 Å². The van der Waals surface area contributed by atoms with Crippen molar-refractivity contribution in [2.45, 2.75) is 18.2 Å². The number of anilines is 1. The highest BCUT2D eigenvalue weighted by Gasteiger charge is 2.20. The van der Waals surface area contributed by atoms with Gasteiger partial charge in [0.2, 0.25) is 15.9 Å². The highest BCUT2D eigenvalue weighted by Crippen LogP contribution is 2.29. The molecule has 1 N–H and O–H groups in total. The fourth-order valence-electron chi connectivity index (χ4n) is 2.66. The summed E-state index contributed by atoms with van der Waals surface area (Å²) in [5.41, 5.74) is 1.22. The van der Waals surface area contributed by atoms with Gasteiger partial charge in [-0.2, -0.15) is 0 Å².